The molecule has 0 unspecified atom stereocenters. The fourth-order valence-electron chi connectivity index (χ4n) is 2.32. The summed E-state index contributed by atoms with van der Waals surface area (Å²) in [7, 11) is 0. The molecule has 4 amide bonds. The lowest BCUT2D eigenvalue weighted by molar-refractivity contribution is 0.0652. The van der Waals surface area contributed by atoms with Crippen LogP contribution < -0.4 is 11.2 Å². The summed E-state index contributed by atoms with van der Waals surface area (Å²) in [4.78, 5) is 44.3. The summed E-state index contributed by atoms with van der Waals surface area (Å²) >= 11 is 0. The van der Waals surface area contributed by atoms with E-state index >= 15 is 0 Å². The first-order valence-electron chi connectivity index (χ1n) is 6.68. The van der Waals surface area contributed by atoms with E-state index in [1.807, 2.05) is 0 Å². The van der Waals surface area contributed by atoms with Crippen LogP contribution in [0.25, 0.3) is 0 Å². The second kappa shape index (κ2) is 5.47. The van der Waals surface area contributed by atoms with Crippen LogP contribution in [0.4, 0.5) is 0 Å². The number of imide groups is 2. The van der Waals surface area contributed by atoms with Crippen LogP contribution in [0.15, 0.2) is 48.5 Å². The van der Waals surface area contributed by atoms with Crippen LogP contribution in [0.1, 0.15) is 41.4 Å². The van der Waals surface area contributed by atoms with Gasteiger partial charge in [0.15, 0.2) is 0 Å². The maximum absolute atomic E-state index is 11.2. The summed E-state index contributed by atoms with van der Waals surface area (Å²) < 4.78 is 0. The number of fused-ring (bicyclic) bond motifs is 2. The number of nitrogens with two attached hydrogens (primary N) is 1. The third-order valence-corrected chi connectivity index (χ3v) is 3.47. The lowest BCUT2D eigenvalue weighted by Crippen LogP contribution is -2.36. The number of carbonyl (C=O) groups excluding carboxylic acids is 4. The van der Waals surface area contributed by atoms with E-state index in [0.29, 0.717) is 27.3 Å². The van der Waals surface area contributed by atoms with E-state index in [-0.39, 0.29) is 11.8 Å². The summed E-state index contributed by atoms with van der Waals surface area (Å²) in [5, 5.41) is 2.83. The quantitative estimate of drug-likeness (QED) is 0.423. The molecule has 2 aliphatic rings. The summed E-state index contributed by atoms with van der Waals surface area (Å²) in [5.41, 5.74) is 1.70. The van der Waals surface area contributed by atoms with E-state index in [2.05, 4.69) is 5.32 Å². The Bertz CT molecular complexity index is 792. The third-order valence-electron chi connectivity index (χ3n) is 3.47. The molecular weight excluding hydrogens is 298 g/mol. The lowest BCUT2D eigenvalue weighted by atomic mass is 10.1. The zero-order valence-corrected chi connectivity index (χ0v) is 11.8. The number of benzene rings is 2. The van der Waals surface area contributed by atoms with Crippen molar-refractivity contribution in [3.05, 3.63) is 70.8 Å². The molecule has 23 heavy (non-hydrogen) atoms. The summed E-state index contributed by atoms with van der Waals surface area (Å²) in [6.45, 7) is 0. The molecule has 0 fully saturated rings. The van der Waals surface area contributed by atoms with Crippen molar-refractivity contribution < 1.29 is 19.2 Å². The number of nitrogens with zero attached hydrogens (tertiary/aromatic N) is 1. The molecule has 0 aliphatic carbocycles. The first-order valence-corrected chi connectivity index (χ1v) is 6.68. The molecule has 0 spiro atoms. The molecule has 0 saturated heterocycles. The highest BCUT2D eigenvalue weighted by Gasteiger charge is 2.32. The molecule has 0 atom stereocenters. The average Bonchev–Trinajstić information content (AvgIpc) is 2.99. The molecule has 3 N–H and O–H groups in total. The predicted octanol–water partition coefficient (Wildman–Crippen LogP) is 0.726. The molecule has 0 aromatic heterocycles. The van der Waals surface area contributed by atoms with Crippen molar-refractivity contribution >= 4 is 23.6 Å². The number of hydrazine groups is 1. The van der Waals surface area contributed by atoms with Gasteiger partial charge in [-0.25, -0.2) is 10.9 Å². The van der Waals surface area contributed by atoms with Crippen molar-refractivity contribution in [2.24, 2.45) is 5.84 Å². The number of amides is 4. The molecule has 114 valence electrons. The van der Waals surface area contributed by atoms with Gasteiger partial charge in [-0.2, -0.15) is 0 Å². The molecule has 2 aliphatic heterocycles. The number of rotatable bonds is 0. The highest BCUT2D eigenvalue weighted by atomic mass is 16.2. The Hall–Kier alpha value is -3.32. The maximum Gasteiger partial charge on any atom is 0.275 e. The van der Waals surface area contributed by atoms with Crippen LogP contribution in [0.3, 0.4) is 0 Å². The van der Waals surface area contributed by atoms with E-state index in [9.17, 15) is 19.2 Å². The Labute approximate surface area is 130 Å². The second-order valence-electron chi connectivity index (χ2n) is 4.85. The molecule has 2 aromatic rings. The minimum Gasteiger partial charge on any atom is -0.288 e. The molecule has 0 bridgehead atoms. The van der Waals surface area contributed by atoms with E-state index in [0.717, 1.165) is 0 Å². The van der Waals surface area contributed by atoms with Gasteiger partial charge in [-0.1, -0.05) is 24.3 Å². The molecule has 7 nitrogen and oxygen atoms in total. The number of hydrogen-bond acceptors (Lipinski definition) is 5. The molecule has 7 heteroatoms. The van der Waals surface area contributed by atoms with Gasteiger partial charge in [0, 0.05) is 0 Å². The zero-order chi connectivity index (χ0) is 16.6. The molecule has 2 aromatic carbocycles. The second-order valence-corrected chi connectivity index (χ2v) is 4.85. The predicted molar refractivity (Wildman–Crippen MR) is 79.4 cm³/mol. The van der Waals surface area contributed by atoms with Crippen LogP contribution in [0, 0.1) is 0 Å². The van der Waals surface area contributed by atoms with E-state index in [1.165, 1.54) is 0 Å². The van der Waals surface area contributed by atoms with Crippen LogP contribution in [-0.2, 0) is 0 Å². The van der Waals surface area contributed by atoms with E-state index < -0.39 is 11.8 Å². The monoisotopic (exact) mass is 309 g/mol. The third kappa shape index (κ3) is 2.39. The van der Waals surface area contributed by atoms with Gasteiger partial charge in [0.25, 0.3) is 23.6 Å². The van der Waals surface area contributed by atoms with Crippen molar-refractivity contribution in [2.75, 3.05) is 0 Å². The van der Waals surface area contributed by atoms with Gasteiger partial charge in [0.2, 0.25) is 0 Å². The fraction of sp³-hybridized carbons (Fsp3) is 0. The summed E-state index contributed by atoms with van der Waals surface area (Å²) in [5.74, 6) is 3.74. The zero-order valence-electron chi connectivity index (χ0n) is 11.8. The smallest absolute Gasteiger partial charge is 0.275 e. The number of hydrogen-bond donors (Lipinski definition) is 2. The van der Waals surface area contributed by atoms with E-state index in [4.69, 9.17) is 5.84 Å². The first-order chi connectivity index (χ1) is 11.0. The largest absolute Gasteiger partial charge is 0.288 e. The Balaban J connectivity index is 0.000000136. The van der Waals surface area contributed by atoms with E-state index in [1.54, 1.807) is 48.5 Å². The standard InChI is InChI=1S/C8H6N2O2.C8H5NO2/c9-10-7(11)5-3-1-2-4-6(5)8(10)12;10-7-5-3-1-2-4-6(5)8(11)9-7/h1-4H,9H2;1-4H,(H,9,10,11). The minimum absolute atomic E-state index is 0.300. The van der Waals surface area contributed by atoms with Crippen molar-refractivity contribution in [1.82, 2.24) is 10.3 Å². The first kappa shape index (κ1) is 14.6. The maximum atomic E-state index is 11.2. The van der Waals surface area contributed by atoms with Crippen LogP contribution in [0.2, 0.25) is 0 Å². The Morgan fingerprint density at radius 2 is 1.00 bits per heavy atom. The van der Waals surface area contributed by atoms with Gasteiger partial charge < -0.3 is 0 Å². The minimum atomic E-state index is -0.435. The van der Waals surface area contributed by atoms with Crippen LogP contribution >= 0.6 is 0 Å². The lowest BCUT2D eigenvalue weighted by Gasteiger charge is -2.01. The SMILES string of the molecule is NN1C(=O)c2ccccc2C1=O.O=C1NC(=O)c2ccccc21. The normalized spacial score (nSPS) is 14.9. The topological polar surface area (TPSA) is 110 Å². The van der Waals surface area contributed by atoms with Crippen LogP contribution in [0.5, 0.6) is 0 Å². The van der Waals surface area contributed by atoms with Crippen LogP contribution in [-0.4, -0.2) is 28.6 Å². The van der Waals surface area contributed by atoms with Crippen molar-refractivity contribution in [1.29, 1.82) is 0 Å². The Kier molecular flexibility index (Phi) is 3.47. The average molecular weight is 309 g/mol. The van der Waals surface area contributed by atoms with Gasteiger partial charge in [0.1, 0.15) is 0 Å². The van der Waals surface area contributed by atoms with Crippen molar-refractivity contribution in [3.63, 3.8) is 0 Å². The van der Waals surface area contributed by atoms with Gasteiger partial charge in [-0.3, -0.25) is 24.5 Å². The molecular formula is C16H11N3O4. The fourth-order valence-corrected chi connectivity index (χ4v) is 2.32. The molecule has 0 saturated carbocycles. The highest BCUT2D eigenvalue weighted by Crippen LogP contribution is 2.19. The summed E-state index contributed by atoms with van der Waals surface area (Å²) in [6, 6.07) is 13.3. The number of nitrogens with one attached hydrogen (secondary N) is 1. The van der Waals surface area contributed by atoms with Gasteiger partial charge >= 0.3 is 0 Å². The highest BCUT2D eigenvalue weighted by molar-refractivity contribution is 6.21. The molecule has 4 rings (SSSR count). The summed E-state index contributed by atoms with van der Waals surface area (Å²) in [6.07, 6.45) is 0. The van der Waals surface area contributed by atoms with Crippen molar-refractivity contribution in [2.45, 2.75) is 0 Å². The van der Waals surface area contributed by atoms with Gasteiger partial charge in [-0.15, -0.1) is 0 Å². The van der Waals surface area contributed by atoms with Crippen molar-refractivity contribution in [3.8, 4) is 0 Å². The Morgan fingerprint density at radius 3 is 1.39 bits per heavy atom. The number of carbonyl (C=O) groups is 4. The van der Waals surface area contributed by atoms with Gasteiger partial charge in [0.05, 0.1) is 22.3 Å². The Morgan fingerprint density at radius 1 is 0.652 bits per heavy atom. The molecule has 2 heterocycles. The molecule has 0 radical (unpaired) electrons. The van der Waals surface area contributed by atoms with Gasteiger partial charge in [-0.05, 0) is 24.3 Å².